The summed E-state index contributed by atoms with van der Waals surface area (Å²) in [5.74, 6) is -1.61. The summed E-state index contributed by atoms with van der Waals surface area (Å²) in [4.78, 5) is 14.7. The molecule has 3 rings (SSSR count). The van der Waals surface area contributed by atoms with Crippen LogP contribution >= 0.6 is 11.6 Å². The molecule has 2 heterocycles. The van der Waals surface area contributed by atoms with Gasteiger partial charge in [-0.15, -0.1) is 6.58 Å². The molecule has 0 amide bonds. The van der Waals surface area contributed by atoms with E-state index in [0.717, 1.165) is 49.3 Å². The third-order valence-electron chi connectivity index (χ3n) is 4.39. The minimum Gasteiger partial charge on any atom is -0.380 e. The van der Waals surface area contributed by atoms with Gasteiger partial charge in [0.25, 0.3) is 5.56 Å². The second-order valence-electron chi connectivity index (χ2n) is 6.19. The summed E-state index contributed by atoms with van der Waals surface area (Å²) in [5, 5.41) is 7.15. The number of anilines is 1. The van der Waals surface area contributed by atoms with Crippen LogP contribution in [0.25, 0.3) is 5.69 Å². The molecule has 1 aromatic carbocycles. The second-order valence-corrected chi connectivity index (χ2v) is 6.57. The van der Waals surface area contributed by atoms with Crippen molar-refractivity contribution in [1.29, 1.82) is 0 Å². The molecule has 138 valence electrons. The fourth-order valence-electron chi connectivity index (χ4n) is 3.02. The number of nitrogens with zero attached hydrogens (tertiary/aromatic N) is 3. The highest BCUT2D eigenvalue weighted by atomic mass is 35.5. The smallest absolute Gasteiger partial charge is 0.292 e. The van der Waals surface area contributed by atoms with Gasteiger partial charge >= 0.3 is 0 Å². The molecule has 1 fully saturated rings. The Morgan fingerprint density at radius 3 is 2.73 bits per heavy atom. The molecule has 2 aromatic rings. The Morgan fingerprint density at radius 2 is 2.08 bits per heavy atom. The number of hydrogen-bond acceptors (Lipinski definition) is 4. The van der Waals surface area contributed by atoms with Crippen molar-refractivity contribution in [3.8, 4) is 5.69 Å². The molecular formula is C18H19ClF2N4O. The second kappa shape index (κ2) is 7.97. The van der Waals surface area contributed by atoms with E-state index < -0.39 is 17.2 Å². The van der Waals surface area contributed by atoms with E-state index in [2.05, 4.69) is 21.9 Å². The lowest BCUT2D eigenvalue weighted by atomic mass is 10.0. The van der Waals surface area contributed by atoms with Crippen molar-refractivity contribution < 1.29 is 8.78 Å². The Kier molecular flexibility index (Phi) is 5.68. The van der Waals surface area contributed by atoms with Crippen molar-refractivity contribution in [3.63, 3.8) is 0 Å². The maximum absolute atomic E-state index is 13.9. The van der Waals surface area contributed by atoms with Gasteiger partial charge in [0.1, 0.15) is 16.5 Å². The van der Waals surface area contributed by atoms with E-state index >= 15 is 0 Å². The quantitative estimate of drug-likeness (QED) is 0.809. The Balaban J connectivity index is 1.78. The van der Waals surface area contributed by atoms with Crippen molar-refractivity contribution >= 4 is 17.3 Å². The zero-order chi connectivity index (χ0) is 18.7. The molecule has 1 N–H and O–H groups in total. The number of aromatic nitrogens is 2. The normalized spacial score (nSPS) is 15.8. The van der Waals surface area contributed by atoms with E-state index in [-0.39, 0.29) is 16.8 Å². The molecule has 8 heteroatoms. The lowest BCUT2D eigenvalue weighted by molar-refractivity contribution is 0.240. The lowest BCUT2D eigenvalue weighted by Gasteiger charge is -2.32. The van der Waals surface area contributed by atoms with Crippen LogP contribution in [0.2, 0.25) is 5.02 Å². The Bertz CT molecular complexity index is 863. The van der Waals surface area contributed by atoms with Crippen LogP contribution in [0.1, 0.15) is 12.8 Å². The fraction of sp³-hybridized carbons (Fsp3) is 0.333. The standard InChI is InChI=1S/C18H19ClF2N4O/c1-2-7-24-8-5-13(6-9-24)23-15-11-22-25(18(26)17(15)19)16-4-3-12(20)10-14(16)21/h2-4,10-11,13,23H,1,5-9H2. The fourth-order valence-corrected chi connectivity index (χ4v) is 3.20. The minimum atomic E-state index is -0.883. The molecule has 0 atom stereocenters. The summed E-state index contributed by atoms with van der Waals surface area (Å²) < 4.78 is 27.8. The first-order valence-corrected chi connectivity index (χ1v) is 8.70. The molecule has 26 heavy (non-hydrogen) atoms. The van der Waals surface area contributed by atoms with E-state index in [4.69, 9.17) is 11.6 Å². The molecule has 0 spiro atoms. The summed E-state index contributed by atoms with van der Waals surface area (Å²) in [7, 11) is 0. The van der Waals surface area contributed by atoms with Crippen LogP contribution in [0.3, 0.4) is 0 Å². The van der Waals surface area contributed by atoms with E-state index in [1.54, 1.807) is 0 Å². The van der Waals surface area contributed by atoms with Crippen molar-refractivity contribution in [2.24, 2.45) is 0 Å². The van der Waals surface area contributed by atoms with Gasteiger partial charge in [0.05, 0.1) is 11.9 Å². The van der Waals surface area contributed by atoms with Gasteiger partial charge in [-0.2, -0.15) is 9.78 Å². The number of nitrogens with one attached hydrogen (secondary N) is 1. The van der Waals surface area contributed by atoms with Crippen LogP contribution < -0.4 is 10.9 Å². The maximum Gasteiger partial charge on any atom is 0.292 e. The van der Waals surface area contributed by atoms with Crippen LogP contribution in [-0.2, 0) is 0 Å². The molecule has 0 radical (unpaired) electrons. The van der Waals surface area contributed by atoms with Crippen molar-refractivity contribution in [3.05, 3.63) is 64.1 Å². The van der Waals surface area contributed by atoms with Crippen LogP contribution in [0, 0.1) is 11.6 Å². The lowest BCUT2D eigenvalue weighted by Crippen LogP contribution is -2.39. The Labute approximate surface area is 154 Å². The zero-order valence-electron chi connectivity index (χ0n) is 14.1. The number of halogens is 3. The number of rotatable bonds is 5. The highest BCUT2D eigenvalue weighted by Gasteiger charge is 2.20. The van der Waals surface area contributed by atoms with Crippen LogP contribution in [0.4, 0.5) is 14.5 Å². The first-order valence-electron chi connectivity index (χ1n) is 8.32. The highest BCUT2D eigenvalue weighted by Crippen LogP contribution is 2.22. The first kappa shape index (κ1) is 18.5. The summed E-state index contributed by atoms with van der Waals surface area (Å²) in [6.07, 6.45) is 5.07. The van der Waals surface area contributed by atoms with Crippen LogP contribution in [-0.4, -0.2) is 40.4 Å². The molecule has 1 aliphatic heterocycles. The monoisotopic (exact) mass is 380 g/mol. The third-order valence-corrected chi connectivity index (χ3v) is 4.76. The predicted octanol–water partition coefficient (Wildman–Crippen LogP) is 3.23. The van der Waals surface area contributed by atoms with Gasteiger partial charge in [-0.1, -0.05) is 17.7 Å². The molecule has 0 aliphatic carbocycles. The van der Waals surface area contributed by atoms with Crippen molar-refractivity contribution in [2.45, 2.75) is 18.9 Å². The average Bonchev–Trinajstić information content (AvgIpc) is 2.62. The van der Waals surface area contributed by atoms with Gasteiger partial charge in [0.15, 0.2) is 5.82 Å². The molecular weight excluding hydrogens is 362 g/mol. The molecule has 1 saturated heterocycles. The van der Waals surface area contributed by atoms with Gasteiger partial charge < -0.3 is 5.32 Å². The molecule has 0 saturated carbocycles. The first-order chi connectivity index (χ1) is 12.5. The van der Waals surface area contributed by atoms with Crippen molar-refractivity contribution in [2.75, 3.05) is 25.0 Å². The zero-order valence-corrected chi connectivity index (χ0v) is 14.8. The number of hydrogen-bond donors (Lipinski definition) is 1. The summed E-state index contributed by atoms with van der Waals surface area (Å²) in [6, 6.07) is 3.08. The van der Waals surface area contributed by atoms with Gasteiger partial charge in [0, 0.05) is 31.7 Å². The van der Waals surface area contributed by atoms with Gasteiger partial charge in [-0.25, -0.2) is 8.78 Å². The summed E-state index contributed by atoms with van der Waals surface area (Å²) >= 11 is 6.17. The third kappa shape index (κ3) is 3.94. The van der Waals surface area contributed by atoms with E-state index in [9.17, 15) is 13.6 Å². The topological polar surface area (TPSA) is 50.2 Å². The minimum absolute atomic E-state index is 0.0720. The number of likely N-dealkylation sites (tertiary alicyclic amines) is 1. The average molecular weight is 381 g/mol. The van der Waals surface area contributed by atoms with Crippen molar-refractivity contribution in [1.82, 2.24) is 14.7 Å². The maximum atomic E-state index is 13.9. The molecule has 0 bridgehead atoms. The van der Waals surface area contributed by atoms with Gasteiger partial charge in [-0.05, 0) is 25.0 Å². The number of piperidine rings is 1. The summed E-state index contributed by atoms with van der Waals surface area (Å²) in [6.45, 7) is 6.44. The van der Waals surface area contributed by atoms with E-state index in [1.807, 2.05) is 6.08 Å². The molecule has 0 unspecified atom stereocenters. The van der Waals surface area contributed by atoms with Gasteiger partial charge in [0.2, 0.25) is 0 Å². The molecule has 5 nitrogen and oxygen atoms in total. The van der Waals surface area contributed by atoms with E-state index in [1.165, 1.54) is 6.20 Å². The van der Waals surface area contributed by atoms with Crippen LogP contribution in [0.15, 0.2) is 41.8 Å². The predicted molar refractivity (Wildman–Crippen MR) is 98.0 cm³/mol. The largest absolute Gasteiger partial charge is 0.380 e. The SMILES string of the molecule is C=CCN1CCC(Nc2cnn(-c3ccc(F)cc3F)c(=O)c2Cl)CC1. The molecule has 1 aliphatic rings. The highest BCUT2D eigenvalue weighted by molar-refractivity contribution is 6.32. The van der Waals surface area contributed by atoms with Crippen LogP contribution in [0.5, 0.6) is 0 Å². The Morgan fingerprint density at radius 1 is 1.35 bits per heavy atom. The van der Waals surface area contributed by atoms with E-state index in [0.29, 0.717) is 11.8 Å². The van der Waals surface area contributed by atoms with Gasteiger partial charge in [-0.3, -0.25) is 9.69 Å². The Hall–Kier alpha value is -2.25. The summed E-state index contributed by atoms with van der Waals surface area (Å²) in [5.41, 5.74) is -0.397. The number of benzene rings is 1. The molecule has 1 aromatic heterocycles.